The molecule has 2 aromatic heterocycles. The first-order valence-electron chi connectivity index (χ1n) is 4.67. The van der Waals surface area contributed by atoms with Crippen LogP contribution in [-0.2, 0) is 0 Å². The number of aromatic amines is 2. The number of rotatable bonds is 2. The van der Waals surface area contributed by atoms with Crippen LogP contribution in [0.2, 0.25) is 0 Å². The summed E-state index contributed by atoms with van der Waals surface area (Å²) >= 11 is 0. The summed E-state index contributed by atoms with van der Waals surface area (Å²) in [7, 11) is 0. The summed E-state index contributed by atoms with van der Waals surface area (Å²) in [6.07, 6.45) is 2.83. The third-order valence-corrected chi connectivity index (χ3v) is 2.02. The Balaban J connectivity index is 2.21. The highest BCUT2D eigenvalue weighted by atomic mass is 16.2. The Hall–Kier alpha value is -2.37. The number of hydrogen-bond acceptors (Lipinski definition) is 3. The Kier molecular flexibility index (Phi) is 2.55. The summed E-state index contributed by atoms with van der Waals surface area (Å²) in [4.78, 5) is 25.7. The van der Waals surface area contributed by atoms with Crippen molar-refractivity contribution in [1.29, 1.82) is 0 Å². The highest BCUT2D eigenvalue weighted by molar-refractivity contribution is 6.03. The number of nitrogens with zero attached hydrogens (tertiary/aromatic N) is 1. The monoisotopic (exact) mass is 218 g/mol. The first-order chi connectivity index (χ1) is 7.66. The van der Waals surface area contributed by atoms with Crippen LogP contribution in [0.3, 0.4) is 0 Å². The van der Waals surface area contributed by atoms with Crippen molar-refractivity contribution in [2.24, 2.45) is 0 Å². The van der Waals surface area contributed by atoms with Crippen molar-refractivity contribution in [3.63, 3.8) is 0 Å². The van der Waals surface area contributed by atoms with Gasteiger partial charge in [-0.1, -0.05) is 0 Å². The summed E-state index contributed by atoms with van der Waals surface area (Å²) in [5, 5.41) is 9.05. The molecule has 0 bridgehead atoms. The van der Waals surface area contributed by atoms with E-state index >= 15 is 0 Å². The van der Waals surface area contributed by atoms with Crippen molar-refractivity contribution in [2.45, 2.75) is 6.92 Å². The zero-order valence-electron chi connectivity index (χ0n) is 8.57. The third-order valence-electron chi connectivity index (χ3n) is 2.02. The van der Waals surface area contributed by atoms with Gasteiger partial charge in [-0.3, -0.25) is 14.7 Å². The molecule has 6 nitrogen and oxygen atoms in total. The van der Waals surface area contributed by atoms with Gasteiger partial charge in [-0.05, 0) is 6.92 Å². The molecule has 82 valence electrons. The van der Waals surface area contributed by atoms with E-state index < -0.39 is 5.91 Å². The van der Waals surface area contributed by atoms with Crippen molar-refractivity contribution >= 4 is 11.7 Å². The second-order valence-electron chi connectivity index (χ2n) is 3.31. The van der Waals surface area contributed by atoms with Gasteiger partial charge in [0.25, 0.3) is 5.91 Å². The fraction of sp³-hybridized carbons (Fsp3) is 0.100. The molecule has 0 fully saturated rings. The Morgan fingerprint density at radius 1 is 1.50 bits per heavy atom. The van der Waals surface area contributed by atoms with E-state index in [2.05, 4.69) is 20.5 Å². The lowest BCUT2D eigenvalue weighted by atomic mass is 10.2. The van der Waals surface area contributed by atoms with Crippen LogP contribution in [0.5, 0.6) is 0 Å². The van der Waals surface area contributed by atoms with E-state index in [4.69, 9.17) is 0 Å². The molecule has 2 aromatic rings. The molecule has 0 radical (unpaired) electrons. The third kappa shape index (κ3) is 2.00. The standard InChI is InChI=1S/C10H10N4O2/c1-6-4-9(14-13-6)12-10(16)7-5-11-3-2-8(7)15/h2-5H,1H3,(H,11,15)(H2,12,13,14,16). The van der Waals surface area contributed by atoms with Gasteiger partial charge in [0.2, 0.25) is 0 Å². The second-order valence-corrected chi connectivity index (χ2v) is 3.31. The van der Waals surface area contributed by atoms with Crippen LogP contribution < -0.4 is 10.7 Å². The van der Waals surface area contributed by atoms with Gasteiger partial charge in [0.1, 0.15) is 5.56 Å². The SMILES string of the molecule is Cc1cc(NC(=O)c2c[nH]ccc2=O)n[nH]1. The topological polar surface area (TPSA) is 90.6 Å². The number of H-pyrrole nitrogens is 2. The van der Waals surface area contributed by atoms with Crippen molar-refractivity contribution in [1.82, 2.24) is 15.2 Å². The minimum Gasteiger partial charge on any atom is -0.367 e. The van der Waals surface area contributed by atoms with Crippen molar-refractivity contribution < 1.29 is 4.79 Å². The lowest BCUT2D eigenvalue weighted by Gasteiger charge is -1.99. The Morgan fingerprint density at radius 3 is 2.94 bits per heavy atom. The van der Waals surface area contributed by atoms with Crippen LogP contribution >= 0.6 is 0 Å². The van der Waals surface area contributed by atoms with Crippen LogP contribution in [0, 0.1) is 6.92 Å². The average molecular weight is 218 g/mol. The van der Waals surface area contributed by atoms with Gasteiger partial charge >= 0.3 is 0 Å². The molecule has 0 aliphatic carbocycles. The zero-order valence-corrected chi connectivity index (χ0v) is 8.57. The summed E-state index contributed by atoms with van der Waals surface area (Å²) in [6, 6.07) is 2.97. The molecule has 0 aromatic carbocycles. The number of carbonyl (C=O) groups excluding carboxylic acids is 1. The minimum atomic E-state index is -0.478. The number of anilines is 1. The summed E-state index contributed by atoms with van der Waals surface area (Å²) in [5.41, 5.74) is 0.559. The lowest BCUT2D eigenvalue weighted by molar-refractivity contribution is 0.102. The zero-order chi connectivity index (χ0) is 11.5. The molecule has 1 amide bonds. The number of pyridine rings is 1. The first kappa shape index (κ1) is 10.2. The van der Waals surface area contributed by atoms with Gasteiger partial charge in [-0.2, -0.15) is 5.10 Å². The maximum Gasteiger partial charge on any atom is 0.262 e. The molecule has 0 unspecified atom stereocenters. The van der Waals surface area contributed by atoms with Crippen LogP contribution in [-0.4, -0.2) is 21.1 Å². The highest BCUT2D eigenvalue weighted by Crippen LogP contribution is 2.04. The molecule has 3 N–H and O–H groups in total. The predicted octanol–water partition coefficient (Wildman–Crippen LogP) is 0.659. The Morgan fingerprint density at radius 2 is 2.31 bits per heavy atom. The van der Waals surface area contributed by atoms with Crippen LogP contribution in [0.25, 0.3) is 0 Å². The van der Waals surface area contributed by atoms with Gasteiger partial charge in [0.05, 0.1) is 0 Å². The molecular weight excluding hydrogens is 208 g/mol. The smallest absolute Gasteiger partial charge is 0.262 e. The van der Waals surface area contributed by atoms with Gasteiger partial charge in [0, 0.05) is 30.2 Å². The van der Waals surface area contributed by atoms with Crippen LogP contribution in [0.15, 0.2) is 29.3 Å². The normalized spacial score (nSPS) is 10.1. The molecular formula is C10H10N4O2. The molecule has 0 atom stereocenters. The number of aromatic nitrogens is 3. The fourth-order valence-electron chi connectivity index (χ4n) is 1.26. The molecule has 0 aliphatic heterocycles. The highest BCUT2D eigenvalue weighted by Gasteiger charge is 2.10. The quantitative estimate of drug-likeness (QED) is 0.691. The second kappa shape index (κ2) is 4.01. The summed E-state index contributed by atoms with van der Waals surface area (Å²) < 4.78 is 0. The van der Waals surface area contributed by atoms with Gasteiger partial charge in [-0.15, -0.1) is 0 Å². The summed E-state index contributed by atoms with van der Waals surface area (Å²) in [6.45, 7) is 1.82. The summed E-state index contributed by atoms with van der Waals surface area (Å²) in [5.74, 6) is -0.0842. The largest absolute Gasteiger partial charge is 0.367 e. The molecule has 6 heteroatoms. The number of nitrogens with one attached hydrogen (secondary N) is 3. The van der Waals surface area contributed by atoms with E-state index in [1.807, 2.05) is 6.92 Å². The lowest BCUT2D eigenvalue weighted by Crippen LogP contribution is -2.20. The van der Waals surface area contributed by atoms with Crippen molar-refractivity contribution in [2.75, 3.05) is 5.32 Å². The minimum absolute atomic E-state index is 0.0585. The molecule has 0 spiro atoms. The predicted molar refractivity (Wildman–Crippen MR) is 58.3 cm³/mol. The van der Waals surface area contributed by atoms with Gasteiger partial charge < -0.3 is 10.3 Å². The van der Waals surface area contributed by atoms with Crippen LogP contribution in [0.1, 0.15) is 16.1 Å². The van der Waals surface area contributed by atoms with Crippen molar-refractivity contribution in [3.05, 3.63) is 46.0 Å². The van der Waals surface area contributed by atoms with E-state index in [1.165, 1.54) is 18.5 Å². The number of hydrogen-bond donors (Lipinski definition) is 3. The van der Waals surface area contributed by atoms with E-state index in [1.54, 1.807) is 6.07 Å². The Labute approximate surface area is 90.7 Å². The average Bonchev–Trinajstić information content (AvgIpc) is 2.64. The van der Waals surface area contributed by atoms with Crippen molar-refractivity contribution in [3.8, 4) is 0 Å². The Bertz CT molecular complexity index is 570. The van der Waals surface area contributed by atoms with Gasteiger partial charge in [0.15, 0.2) is 11.2 Å². The van der Waals surface area contributed by atoms with E-state index in [0.29, 0.717) is 5.82 Å². The number of carbonyl (C=O) groups is 1. The van der Waals surface area contributed by atoms with Crippen LogP contribution in [0.4, 0.5) is 5.82 Å². The van der Waals surface area contributed by atoms with E-state index in [-0.39, 0.29) is 11.0 Å². The van der Waals surface area contributed by atoms with E-state index in [9.17, 15) is 9.59 Å². The fourth-order valence-corrected chi connectivity index (χ4v) is 1.26. The molecule has 0 saturated heterocycles. The molecule has 16 heavy (non-hydrogen) atoms. The first-order valence-corrected chi connectivity index (χ1v) is 4.67. The molecule has 0 aliphatic rings. The number of aryl methyl sites for hydroxylation is 1. The maximum absolute atomic E-state index is 11.7. The van der Waals surface area contributed by atoms with E-state index in [0.717, 1.165) is 5.69 Å². The van der Waals surface area contributed by atoms with Gasteiger partial charge in [-0.25, -0.2) is 0 Å². The number of amides is 1. The maximum atomic E-state index is 11.7. The molecule has 0 saturated carbocycles. The molecule has 2 rings (SSSR count). The molecule has 2 heterocycles.